The van der Waals surface area contributed by atoms with Crippen LogP contribution in [-0.4, -0.2) is 30.8 Å². The van der Waals surface area contributed by atoms with Gasteiger partial charge in [-0.3, -0.25) is 4.79 Å². The second-order valence-electron chi connectivity index (χ2n) is 7.56. The van der Waals surface area contributed by atoms with Crippen LogP contribution in [0.15, 0.2) is 23.7 Å². The van der Waals surface area contributed by atoms with Gasteiger partial charge < -0.3 is 20.4 Å². The molecule has 3 N–H and O–H groups in total. The van der Waals surface area contributed by atoms with E-state index >= 15 is 0 Å². The van der Waals surface area contributed by atoms with Crippen molar-refractivity contribution >= 4 is 24.8 Å². The van der Waals surface area contributed by atoms with Gasteiger partial charge in [0, 0.05) is 19.2 Å². The van der Waals surface area contributed by atoms with Crippen LogP contribution in [0, 0.1) is 0 Å². The van der Waals surface area contributed by atoms with Crippen LogP contribution >= 0.6 is 0 Å². The Labute approximate surface area is 157 Å². The minimum absolute atomic E-state index is 0.00612. The lowest BCUT2D eigenvalue weighted by Crippen LogP contribution is -2.41. The summed E-state index contributed by atoms with van der Waals surface area (Å²) < 4.78 is 52.1. The van der Waals surface area contributed by atoms with Gasteiger partial charge >= 0.3 is 13.3 Å². The lowest BCUT2D eigenvalue weighted by Gasteiger charge is -2.32. The van der Waals surface area contributed by atoms with Gasteiger partial charge in [0.15, 0.2) is 0 Å². The molecular formula is C18H24BF3N2O3. The third-order valence-corrected chi connectivity index (χ3v) is 4.82. The molecule has 1 amide bonds. The van der Waals surface area contributed by atoms with Crippen LogP contribution in [0.1, 0.15) is 45.7 Å². The first-order valence-corrected chi connectivity index (χ1v) is 8.50. The van der Waals surface area contributed by atoms with Crippen LogP contribution in [0.3, 0.4) is 0 Å². The van der Waals surface area contributed by atoms with Crippen molar-refractivity contribution in [2.75, 3.05) is 12.3 Å². The molecule has 1 heterocycles. The quantitative estimate of drug-likeness (QED) is 0.616. The molecule has 1 saturated heterocycles. The van der Waals surface area contributed by atoms with Gasteiger partial charge in [0.25, 0.3) is 0 Å². The van der Waals surface area contributed by atoms with E-state index in [2.05, 4.69) is 5.32 Å². The molecule has 0 aromatic heterocycles. The molecule has 1 aliphatic heterocycles. The number of nitrogens with one attached hydrogen (secondary N) is 1. The molecule has 1 aromatic carbocycles. The molecule has 9 heteroatoms. The molecule has 5 nitrogen and oxygen atoms in total. The third kappa shape index (κ3) is 4.84. The maximum atomic E-state index is 13.4. The average Bonchev–Trinajstić information content (AvgIpc) is 2.71. The predicted molar refractivity (Wildman–Crippen MR) is 98.6 cm³/mol. The molecular weight excluding hydrogens is 360 g/mol. The van der Waals surface area contributed by atoms with E-state index in [-0.39, 0.29) is 23.7 Å². The highest BCUT2D eigenvalue weighted by Gasteiger charge is 2.52. The molecule has 0 saturated carbocycles. The van der Waals surface area contributed by atoms with Gasteiger partial charge in [-0.2, -0.15) is 13.2 Å². The minimum Gasteiger partial charge on any atom is -0.400 e. The molecule has 0 bridgehead atoms. The Morgan fingerprint density at radius 2 is 1.78 bits per heavy atom. The van der Waals surface area contributed by atoms with Crippen molar-refractivity contribution in [1.29, 1.82) is 0 Å². The number of nitrogens with two attached hydrogens (primary N) is 1. The molecule has 2 rings (SSSR count). The van der Waals surface area contributed by atoms with Gasteiger partial charge in [0.05, 0.1) is 16.8 Å². The SMILES string of the molecule is CC(=O)NCC(=Cc1ccc(N)cc1C(F)(F)F)B1OC(C)(C)C(C)(C)O1. The van der Waals surface area contributed by atoms with Gasteiger partial charge in [-0.1, -0.05) is 12.1 Å². The summed E-state index contributed by atoms with van der Waals surface area (Å²) in [7, 11) is -0.888. The average molecular weight is 384 g/mol. The van der Waals surface area contributed by atoms with E-state index in [0.29, 0.717) is 5.47 Å². The highest BCUT2D eigenvalue weighted by Crippen LogP contribution is 2.40. The molecule has 1 fully saturated rings. The topological polar surface area (TPSA) is 73.6 Å². The van der Waals surface area contributed by atoms with Gasteiger partial charge in [-0.05, 0) is 50.9 Å². The van der Waals surface area contributed by atoms with Crippen LogP contribution in [0.2, 0.25) is 0 Å². The van der Waals surface area contributed by atoms with Crippen molar-refractivity contribution < 1.29 is 27.3 Å². The molecule has 0 unspecified atom stereocenters. The summed E-state index contributed by atoms with van der Waals surface area (Å²) in [6.45, 7) is 8.68. The van der Waals surface area contributed by atoms with E-state index in [0.717, 1.165) is 6.07 Å². The molecule has 1 aromatic rings. The van der Waals surface area contributed by atoms with Crippen molar-refractivity contribution in [2.45, 2.75) is 52.0 Å². The number of rotatable bonds is 4. The molecule has 0 spiro atoms. The second kappa shape index (κ2) is 7.20. The first kappa shape index (κ1) is 21.3. The van der Waals surface area contributed by atoms with Crippen molar-refractivity contribution in [3.8, 4) is 0 Å². The molecule has 0 atom stereocenters. The monoisotopic (exact) mass is 384 g/mol. The Balaban J connectivity index is 2.48. The fourth-order valence-corrected chi connectivity index (χ4v) is 2.57. The number of hydrogen-bond acceptors (Lipinski definition) is 4. The zero-order valence-electron chi connectivity index (χ0n) is 16.0. The van der Waals surface area contributed by atoms with Crippen LogP contribution < -0.4 is 11.1 Å². The summed E-state index contributed by atoms with van der Waals surface area (Å²) in [5.41, 5.74) is 3.64. The number of benzene rings is 1. The summed E-state index contributed by atoms with van der Waals surface area (Å²) in [6.07, 6.45) is -3.24. The van der Waals surface area contributed by atoms with Gasteiger partial charge in [-0.15, -0.1) is 0 Å². The van der Waals surface area contributed by atoms with Gasteiger partial charge in [-0.25, -0.2) is 0 Å². The number of alkyl halides is 3. The summed E-state index contributed by atoms with van der Waals surface area (Å²) in [6, 6.07) is 3.56. The minimum atomic E-state index is -4.57. The van der Waals surface area contributed by atoms with Crippen molar-refractivity contribution in [1.82, 2.24) is 5.32 Å². The van der Waals surface area contributed by atoms with E-state index in [1.165, 1.54) is 25.1 Å². The first-order valence-electron chi connectivity index (χ1n) is 8.50. The molecule has 0 aliphatic carbocycles. The molecule has 0 radical (unpaired) electrons. The van der Waals surface area contributed by atoms with Crippen molar-refractivity contribution in [3.63, 3.8) is 0 Å². The highest BCUT2D eigenvalue weighted by atomic mass is 19.4. The van der Waals surface area contributed by atoms with Gasteiger partial charge in [0.1, 0.15) is 0 Å². The first-order chi connectivity index (χ1) is 12.2. The second-order valence-corrected chi connectivity index (χ2v) is 7.56. The highest BCUT2D eigenvalue weighted by molar-refractivity contribution is 6.56. The van der Waals surface area contributed by atoms with E-state index in [4.69, 9.17) is 15.0 Å². The number of hydrogen-bond donors (Lipinski definition) is 2. The van der Waals surface area contributed by atoms with Crippen LogP contribution in [0.4, 0.5) is 18.9 Å². The zero-order chi connectivity index (χ0) is 20.6. The third-order valence-electron chi connectivity index (χ3n) is 4.82. The summed E-state index contributed by atoms with van der Waals surface area (Å²) >= 11 is 0. The number of nitrogen functional groups attached to an aromatic ring is 1. The lowest BCUT2D eigenvalue weighted by molar-refractivity contribution is -0.137. The zero-order valence-corrected chi connectivity index (χ0v) is 16.0. The summed E-state index contributed by atoms with van der Waals surface area (Å²) in [4.78, 5) is 11.3. The van der Waals surface area contributed by atoms with Crippen LogP contribution in [0.25, 0.3) is 6.08 Å². The Kier molecular flexibility index (Phi) is 5.68. The molecule has 1 aliphatic rings. The normalized spacial score (nSPS) is 19.3. The number of amides is 1. The van der Waals surface area contributed by atoms with E-state index in [9.17, 15) is 18.0 Å². The number of anilines is 1. The van der Waals surface area contributed by atoms with Crippen LogP contribution in [-0.2, 0) is 20.3 Å². The molecule has 148 valence electrons. The fraction of sp³-hybridized carbons (Fsp3) is 0.500. The van der Waals surface area contributed by atoms with Crippen molar-refractivity contribution in [3.05, 3.63) is 34.8 Å². The Bertz CT molecular complexity index is 745. The summed E-state index contributed by atoms with van der Waals surface area (Å²) in [5, 5.41) is 2.59. The Morgan fingerprint density at radius 1 is 1.22 bits per heavy atom. The fourth-order valence-electron chi connectivity index (χ4n) is 2.57. The standard InChI is InChI=1S/C18H24BF3N2O3/c1-11(25)24-10-13(19-26-16(2,3)17(4,5)27-19)8-12-6-7-14(23)9-15(12)18(20,21)22/h6-9H,10,23H2,1-5H3,(H,24,25). The predicted octanol–water partition coefficient (Wildman–Crippen LogP) is 3.44. The number of carbonyl (C=O) groups is 1. The summed E-state index contributed by atoms with van der Waals surface area (Å²) in [5.74, 6) is -0.314. The number of halogens is 3. The van der Waals surface area contributed by atoms with Crippen LogP contribution in [0.5, 0.6) is 0 Å². The van der Waals surface area contributed by atoms with Gasteiger partial charge in [0.2, 0.25) is 5.91 Å². The van der Waals surface area contributed by atoms with E-state index < -0.39 is 30.1 Å². The Hall–Kier alpha value is -2.00. The maximum Gasteiger partial charge on any atom is 0.492 e. The maximum absolute atomic E-state index is 13.4. The largest absolute Gasteiger partial charge is 0.492 e. The number of carbonyl (C=O) groups excluding carboxylic acids is 1. The van der Waals surface area contributed by atoms with E-state index in [1.807, 2.05) is 27.7 Å². The lowest BCUT2D eigenvalue weighted by atomic mass is 9.76. The van der Waals surface area contributed by atoms with E-state index in [1.54, 1.807) is 0 Å². The van der Waals surface area contributed by atoms with Crippen molar-refractivity contribution in [2.24, 2.45) is 0 Å². The molecule has 27 heavy (non-hydrogen) atoms. The smallest absolute Gasteiger partial charge is 0.400 e. The Morgan fingerprint density at radius 3 is 2.26 bits per heavy atom.